The Hall–Kier alpha value is -1.96. The molecule has 0 saturated carbocycles. The lowest BCUT2D eigenvalue weighted by atomic mass is 10.1. The van der Waals surface area contributed by atoms with Crippen molar-refractivity contribution in [1.82, 2.24) is 0 Å². The van der Waals surface area contributed by atoms with Crippen molar-refractivity contribution >= 4 is 5.69 Å². The van der Waals surface area contributed by atoms with Crippen molar-refractivity contribution in [3.63, 3.8) is 0 Å². The Morgan fingerprint density at radius 2 is 1.82 bits per heavy atom. The molecule has 1 aromatic carbocycles. The molecule has 28 heavy (non-hydrogen) atoms. The smallest absolute Gasteiger partial charge is 0.114 e. The number of hydrogen-bond donors (Lipinski definition) is 0. The normalized spacial score (nSPS) is 13.2. The van der Waals surface area contributed by atoms with Crippen LogP contribution in [0.25, 0.3) is 0 Å². The molecule has 0 spiro atoms. The SMILES string of the molecule is C=CCCN(CCCCCCOC1=CCCC=C1)c1ccc(CCCC)cc1. The molecule has 0 fully saturated rings. The van der Waals surface area contributed by atoms with Crippen molar-refractivity contribution in [3.8, 4) is 0 Å². The molecular formula is C26H39NO. The van der Waals surface area contributed by atoms with Crippen LogP contribution in [0.2, 0.25) is 0 Å². The van der Waals surface area contributed by atoms with Gasteiger partial charge in [0.1, 0.15) is 5.76 Å². The first kappa shape index (κ1) is 22.3. The van der Waals surface area contributed by atoms with Crippen LogP contribution < -0.4 is 4.90 Å². The monoisotopic (exact) mass is 381 g/mol. The molecule has 2 heteroatoms. The predicted octanol–water partition coefficient (Wildman–Crippen LogP) is 7.22. The summed E-state index contributed by atoms with van der Waals surface area (Å²) < 4.78 is 5.82. The second-order valence-electron chi connectivity index (χ2n) is 7.68. The molecule has 0 atom stereocenters. The van der Waals surface area contributed by atoms with E-state index in [9.17, 15) is 0 Å². The minimum Gasteiger partial charge on any atom is -0.494 e. The van der Waals surface area contributed by atoms with Crippen LogP contribution in [0.4, 0.5) is 5.69 Å². The molecule has 0 N–H and O–H groups in total. The predicted molar refractivity (Wildman–Crippen MR) is 123 cm³/mol. The van der Waals surface area contributed by atoms with Gasteiger partial charge in [0.2, 0.25) is 0 Å². The van der Waals surface area contributed by atoms with Gasteiger partial charge in [-0.05, 0) is 74.8 Å². The zero-order chi connectivity index (χ0) is 19.9. The molecule has 0 aromatic heterocycles. The molecule has 0 heterocycles. The summed E-state index contributed by atoms with van der Waals surface area (Å²) in [6, 6.07) is 9.20. The van der Waals surface area contributed by atoms with Gasteiger partial charge in [0.15, 0.2) is 0 Å². The van der Waals surface area contributed by atoms with Gasteiger partial charge in [0, 0.05) is 18.8 Å². The van der Waals surface area contributed by atoms with E-state index in [4.69, 9.17) is 4.74 Å². The second kappa shape index (κ2) is 14.1. The molecule has 1 aromatic rings. The van der Waals surface area contributed by atoms with Crippen molar-refractivity contribution in [2.75, 3.05) is 24.6 Å². The topological polar surface area (TPSA) is 12.5 Å². The summed E-state index contributed by atoms with van der Waals surface area (Å²) in [6.45, 7) is 9.17. The second-order valence-corrected chi connectivity index (χ2v) is 7.68. The minimum absolute atomic E-state index is 0.843. The maximum absolute atomic E-state index is 5.82. The quantitative estimate of drug-likeness (QED) is 0.235. The molecule has 154 valence electrons. The van der Waals surface area contributed by atoms with E-state index in [1.165, 1.54) is 49.8 Å². The molecular weight excluding hydrogens is 342 g/mol. The summed E-state index contributed by atoms with van der Waals surface area (Å²) >= 11 is 0. The fourth-order valence-electron chi connectivity index (χ4n) is 3.52. The van der Waals surface area contributed by atoms with Gasteiger partial charge < -0.3 is 9.64 Å². The minimum atomic E-state index is 0.843. The number of anilines is 1. The highest BCUT2D eigenvalue weighted by Gasteiger charge is 2.06. The number of benzene rings is 1. The lowest BCUT2D eigenvalue weighted by molar-refractivity contribution is 0.215. The maximum atomic E-state index is 5.82. The average molecular weight is 382 g/mol. The summed E-state index contributed by atoms with van der Waals surface area (Å²) in [7, 11) is 0. The van der Waals surface area contributed by atoms with E-state index in [1.54, 1.807) is 0 Å². The maximum Gasteiger partial charge on any atom is 0.114 e. The van der Waals surface area contributed by atoms with E-state index >= 15 is 0 Å². The van der Waals surface area contributed by atoms with Crippen LogP contribution in [-0.4, -0.2) is 19.7 Å². The summed E-state index contributed by atoms with van der Waals surface area (Å²) in [5.41, 5.74) is 2.80. The largest absolute Gasteiger partial charge is 0.494 e. The Kier molecular flexibility index (Phi) is 11.2. The van der Waals surface area contributed by atoms with Gasteiger partial charge in [-0.3, -0.25) is 0 Å². The van der Waals surface area contributed by atoms with Crippen LogP contribution in [0.15, 0.2) is 60.9 Å². The lowest BCUT2D eigenvalue weighted by Gasteiger charge is -2.25. The Morgan fingerprint density at radius 3 is 2.54 bits per heavy atom. The fraction of sp³-hybridized carbons (Fsp3) is 0.538. The van der Waals surface area contributed by atoms with E-state index in [0.717, 1.165) is 51.1 Å². The van der Waals surface area contributed by atoms with E-state index in [-0.39, 0.29) is 0 Å². The Bertz CT molecular complexity index is 599. The van der Waals surface area contributed by atoms with Crippen molar-refractivity contribution in [2.45, 2.75) is 71.1 Å². The molecule has 2 rings (SSSR count). The molecule has 0 amide bonds. The Labute approximate surface area is 173 Å². The number of ether oxygens (including phenoxy) is 1. The third kappa shape index (κ3) is 8.82. The van der Waals surface area contributed by atoms with Crippen LogP contribution in [0, 0.1) is 0 Å². The molecule has 0 bridgehead atoms. The van der Waals surface area contributed by atoms with Gasteiger partial charge in [-0.2, -0.15) is 0 Å². The van der Waals surface area contributed by atoms with Gasteiger partial charge in [0.25, 0.3) is 0 Å². The highest BCUT2D eigenvalue weighted by Crippen LogP contribution is 2.18. The van der Waals surface area contributed by atoms with Crippen molar-refractivity contribution in [1.29, 1.82) is 0 Å². The summed E-state index contributed by atoms with van der Waals surface area (Å²) in [5.74, 6) is 1.06. The molecule has 0 aliphatic heterocycles. The van der Waals surface area contributed by atoms with Crippen LogP contribution in [-0.2, 0) is 11.2 Å². The fourth-order valence-corrected chi connectivity index (χ4v) is 3.52. The first-order valence-electron chi connectivity index (χ1n) is 11.3. The zero-order valence-electron chi connectivity index (χ0n) is 17.9. The number of nitrogens with zero attached hydrogens (tertiary/aromatic N) is 1. The number of allylic oxidation sites excluding steroid dienone is 3. The third-order valence-corrected chi connectivity index (χ3v) is 5.28. The van der Waals surface area contributed by atoms with E-state index in [0.29, 0.717) is 0 Å². The number of hydrogen-bond acceptors (Lipinski definition) is 2. The van der Waals surface area contributed by atoms with Crippen molar-refractivity contribution < 1.29 is 4.74 Å². The van der Waals surface area contributed by atoms with Crippen LogP contribution >= 0.6 is 0 Å². The Morgan fingerprint density at radius 1 is 1.00 bits per heavy atom. The lowest BCUT2D eigenvalue weighted by Crippen LogP contribution is -2.25. The molecule has 0 radical (unpaired) electrons. The molecule has 0 saturated heterocycles. The summed E-state index contributed by atoms with van der Waals surface area (Å²) in [6.07, 6.45) is 20.4. The van der Waals surface area contributed by atoms with Crippen LogP contribution in [0.3, 0.4) is 0 Å². The first-order chi connectivity index (χ1) is 13.8. The summed E-state index contributed by atoms with van der Waals surface area (Å²) in [5, 5.41) is 0. The average Bonchev–Trinajstić information content (AvgIpc) is 2.75. The number of unbranched alkanes of at least 4 members (excludes halogenated alkanes) is 4. The van der Waals surface area contributed by atoms with Gasteiger partial charge in [-0.25, -0.2) is 0 Å². The molecule has 1 aliphatic rings. The molecule has 1 aliphatic carbocycles. The van der Waals surface area contributed by atoms with Crippen molar-refractivity contribution in [3.05, 3.63) is 66.5 Å². The summed E-state index contributed by atoms with van der Waals surface area (Å²) in [4.78, 5) is 2.51. The van der Waals surface area contributed by atoms with Gasteiger partial charge in [0.05, 0.1) is 6.61 Å². The first-order valence-corrected chi connectivity index (χ1v) is 11.3. The van der Waals surface area contributed by atoms with E-state index in [2.05, 4.69) is 60.9 Å². The zero-order valence-corrected chi connectivity index (χ0v) is 17.9. The molecule has 2 nitrogen and oxygen atoms in total. The van der Waals surface area contributed by atoms with Crippen LogP contribution in [0.5, 0.6) is 0 Å². The highest BCUT2D eigenvalue weighted by atomic mass is 16.5. The highest BCUT2D eigenvalue weighted by molar-refractivity contribution is 5.47. The third-order valence-electron chi connectivity index (χ3n) is 5.28. The number of rotatable bonds is 15. The van der Waals surface area contributed by atoms with E-state index < -0.39 is 0 Å². The standard InChI is InChI=1S/C26H39NO/c1-3-5-14-24-17-19-25(20-18-24)27(21-6-4-2)22-12-7-8-13-23-28-26-15-10-9-11-16-26/h4,10,15-20H,2-3,5-9,11-14,21-23H2,1H3. The number of aryl methyl sites for hydroxylation is 1. The molecule has 0 unspecified atom stereocenters. The van der Waals surface area contributed by atoms with Gasteiger partial charge >= 0.3 is 0 Å². The Balaban J connectivity index is 1.67. The van der Waals surface area contributed by atoms with Crippen LogP contribution in [0.1, 0.15) is 70.3 Å². The van der Waals surface area contributed by atoms with Gasteiger partial charge in [-0.1, -0.05) is 50.5 Å². The van der Waals surface area contributed by atoms with Gasteiger partial charge in [-0.15, -0.1) is 6.58 Å². The van der Waals surface area contributed by atoms with E-state index in [1.807, 2.05) is 6.08 Å². The van der Waals surface area contributed by atoms with Crippen molar-refractivity contribution in [2.24, 2.45) is 0 Å².